The molecule has 0 heterocycles. The van der Waals surface area contributed by atoms with E-state index in [1.54, 1.807) is 18.2 Å². The average molecular weight is 271 g/mol. The van der Waals surface area contributed by atoms with Gasteiger partial charge in [0.05, 0.1) is 12.7 Å². The lowest BCUT2D eigenvalue weighted by atomic mass is 10.0. The molecule has 0 spiro atoms. The van der Waals surface area contributed by atoms with E-state index in [1.165, 1.54) is 7.11 Å². The number of carbonyl (C=O) groups excluding carboxylic acids is 1. The van der Waals surface area contributed by atoms with Crippen LogP contribution in [-0.4, -0.2) is 18.2 Å². The van der Waals surface area contributed by atoms with E-state index >= 15 is 0 Å². The van der Waals surface area contributed by atoms with Crippen molar-refractivity contribution in [1.82, 2.24) is 0 Å². The van der Waals surface area contributed by atoms with Gasteiger partial charge in [0.1, 0.15) is 6.10 Å². The first-order chi connectivity index (χ1) is 7.07. The van der Waals surface area contributed by atoms with Crippen LogP contribution in [0.5, 0.6) is 0 Å². The molecule has 1 aromatic rings. The Bertz CT molecular complexity index is 387. The van der Waals surface area contributed by atoms with Crippen LogP contribution in [-0.2, 0) is 9.53 Å². The monoisotopic (exact) mass is 270 g/mol. The summed E-state index contributed by atoms with van der Waals surface area (Å²) in [6.07, 6.45) is -1.05. The van der Waals surface area contributed by atoms with E-state index in [4.69, 9.17) is 0 Å². The zero-order chi connectivity index (χ0) is 11.4. The molecular weight excluding hydrogens is 260 g/mol. The van der Waals surface area contributed by atoms with Crippen LogP contribution in [0.3, 0.4) is 0 Å². The molecule has 15 heavy (non-hydrogen) atoms. The van der Waals surface area contributed by atoms with Gasteiger partial charge in [-0.15, -0.1) is 0 Å². The fraction of sp³-hybridized carbons (Fsp3) is 0.182. The Morgan fingerprint density at radius 2 is 2.13 bits per heavy atom. The van der Waals surface area contributed by atoms with Crippen LogP contribution in [0.2, 0.25) is 0 Å². The van der Waals surface area contributed by atoms with Gasteiger partial charge in [-0.1, -0.05) is 40.7 Å². The number of aliphatic hydroxyl groups is 1. The lowest BCUT2D eigenvalue weighted by molar-refractivity contribution is -0.137. The molecule has 1 N–H and O–H groups in total. The quantitative estimate of drug-likeness (QED) is 0.677. The predicted octanol–water partition coefficient (Wildman–Crippen LogP) is 2.21. The van der Waals surface area contributed by atoms with Crippen molar-refractivity contribution in [3.8, 4) is 0 Å². The number of rotatable bonds is 3. The van der Waals surface area contributed by atoms with Gasteiger partial charge in [-0.3, -0.25) is 0 Å². The molecule has 0 radical (unpaired) electrons. The van der Waals surface area contributed by atoms with E-state index in [0.717, 1.165) is 4.47 Å². The van der Waals surface area contributed by atoms with Crippen LogP contribution in [0, 0.1) is 0 Å². The number of aliphatic hydroxyl groups excluding tert-OH is 1. The molecule has 0 aromatic heterocycles. The number of ether oxygens (including phenoxy) is 1. The highest BCUT2D eigenvalue weighted by Gasteiger charge is 2.20. The first kappa shape index (κ1) is 11.9. The van der Waals surface area contributed by atoms with E-state index in [0.29, 0.717) is 5.56 Å². The molecule has 1 aromatic carbocycles. The van der Waals surface area contributed by atoms with E-state index in [2.05, 4.69) is 27.2 Å². The summed E-state index contributed by atoms with van der Waals surface area (Å²) in [5, 5.41) is 9.84. The molecule has 1 rings (SSSR count). The SMILES string of the molecule is C=C(C(=O)OC)[C@@H](O)c1ccccc1Br. The van der Waals surface area contributed by atoms with Crippen molar-refractivity contribution in [2.45, 2.75) is 6.10 Å². The summed E-state index contributed by atoms with van der Waals surface area (Å²) >= 11 is 3.28. The number of benzene rings is 1. The summed E-state index contributed by atoms with van der Waals surface area (Å²) < 4.78 is 5.21. The Morgan fingerprint density at radius 1 is 1.53 bits per heavy atom. The van der Waals surface area contributed by atoms with Crippen LogP contribution in [0.15, 0.2) is 40.9 Å². The maximum atomic E-state index is 11.1. The van der Waals surface area contributed by atoms with Gasteiger partial charge in [-0.05, 0) is 11.6 Å². The molecule has 0 saturated carbocycles. The summed E-state index contributed by atoms with van der Waals surface area (Å²) in [6, 6.07) is 7.08. The van der Waals surface area contributed by atoms with E-state index in [9.17, 15) is 9.90 Å². The third-order valence-electron chi connectivity index (χ3n) is 1.98. The molecule has 0 bridgehead atoms. The zero-order valence-corrected chi connectivity index (χ0v) is 9.82. The van der Waals surface area contributed by atoms with Crippen molar-refractivity contribution in [2.24, 2.45) is 0 Å². The molecule has 0 aliphatic heterocycles. The van der Waals surface area contributed by atoms with Crippen LogP contribution in [0.25, 0.3) is 0 Å². The number of carbonyl (C=O) groups is 1. The Balaban J connectivity index is 2.95. The minimum Gasteiger partial charge on any atom is -0.466 e. The molecule has 0 aliphatic carbocycles. The Kier molecular flexibility index (Phi) is 4.05. The Morgan fingerprint density at radius 3 is 2.67 bits per heavy atom. The van der Waals surface area contributed by atoms with Crippen molar-refractivity contribution in [1.29, 1.82) is 0 Å². The number of methoxy groups -OCH3 is 1. The van der Waals surface area contributed by atoms with Crippen molar-refractivity contribution in [3.05, 3.63) is 46.5 Å². The zero-order valence-electron chi connectivity index (χ0n) is 8.24. The van der Waals surface area contributed by atoms with Gasteiger partial charge in [-0.2, -0.15) is 0 Å². The molecule has 0 fully saturated rings. The molecule has 0 amide bonds. The fourth-order valence-electron chi connectivity index (χ4n) is 1.13. The molecule has 80 valence electrons. The van der Waals surface area contributed by atoms with Gasteiger partial charge < -0.3 is 9.84 Å². The number of hydrogen-bond donors (Lipinski definition) is 1. The summed E-state index contributed by atoms with van der Waals surface area (Å²) in [6.45, 7) is 3.50. The smallest absolute Gasteiger partial charge is 0.336 e. The lowest BCUT2D eigenvalue weighted by Gasteiger charge is -2.13. The van der Waals surface area contributed by atoms with Gasteiger partial charge in [0, 0.05) is 4.47 Å². The van der Waals surface area contributed by atoms with Crippen LogP contribution in [0.4, 0.5) is 0 Å². The Hall–Kier alpha value is -1.13. The highest BCUT2D eigenvalue weighted by molar-refractivity contribution is 9.10. The van der Waals surface area contributed by atoms with Crippen molar-refractivity contribution in [3.63, 3.8) is 0 Å². The second-order valence-corrected chi connectivity index (χ2v) is 3.80. The first-order valence-electron chi connectivity index (χ1n) is 4.27. The Labute approximate surface area is 96.5 Å². The lowest BCUT2D eigenvalue weighted by Crippen LogP contribution is -2.12. The summed E-state index contributed by atoms with van der Waals surface area (Å²) in [5.74, 6) is -0.613. The highest BCUT2D eigenvalue weighted by atomic mass is 79.9. The highest BCUT2D eigenvalue weighted by Crippen LogP contribution is 2.27. The molecule has 0 aliphatic rings. The minimum atomic E-state index is -1.05. The molecular formula is C11H11BrO3. The number of hydrogen-bond acceptors (Lipinski definition) is 3. The van der Waals surface area contributed by atoms with Gasteiger partial charge in [0.2, 0.25) is 0 Å². The second-order valence-electron chi connectivity index (χ2n) is 2.94. The van der Waals surface area contributed by atoms with Gasteiger partial charge in [0.15, 0.2) is 0 Å². The summed E-state index contributed by atoms with van der Waals surface area (Å²) in [4.78, 5) is 11.1. The van der Waals surface area contributed by atoms with Crippen LogP contribution < -0.4 is 0 Å². The molecule has 4 heteroatoms. The number of halogens is 1. The normalized spacial score (nSPS) is 11.9. The van der Waals surface area contributed by atoms with Crippen molar-refractivity contribution in [2.75, 3.05) is 7.11 Å². The van der Waals surface area contributed by atoms with Crippen molar-refractivity contribution >= 4 is 21.9 Å². The van der Waals surface area contributed by atoms with E-state index in [-0.39, 0.29) is 5.57 Å². The van der Waals surface area contributed by atoms with Crippen molar-refractivity contribution < 1.29 is 14.6 Å². The van der Waals surface area contributed by atoms with Gasteiger partial charge in [-0.25, -0.2) is 4.79 Å². The van der Waals surface area contributed by atoms with Crippen LogP contribution in [0.1, 0.15) is 11.7 Å². The third-order valence-corrected chi connectivity index (χ3v) is 2.70. The standard InChI is InChI=1S/C11H11BrO3/c1-7(11(14)15-2)10(13)8-5-3-4-6-9(8)12/h3-6,10,13H,1H2,2H3/t10-/m1/s1. The van der Waals surface area contributed by atoms with E-state index < -0.39 is 12.1 Å². The molecule has 1 atom stereocenters. The molecule has 0 saturated heterocycles. The topological polar surface area (TPSA) is 46.5 Å². The molecule has 3 nitrogen and oxygen atoms in total. The third kappa shape index (κ3) is 2.67. The maximum Gasteiger partial charge on any atom is 0.336 e. The van der Waals surface area contributed by atoms with E-state index in [1.807, 2.05) is 6.07 Å². The van der Waals surface area contributed by atoms with Crippen LogP contribution >= 0.6 is 15.9 Å². The average Bonchev–Trinajstić information content (AvgIpc) is 2.26. The predicted molar refractivity (Wildman–Crippen MR) is 60.3 cm³/mol. The van der Waals surface area contributed by atoms with Gasteiger partial charge >= 0.3 is 5.97 Å². The fourth-order valence-corrected chi connectivity index (χ4v) is 1.63. The number of esters is 1. The maximum absolute atomic E-state index is 11.1. The first-order valence-corrected chi connectivity index (χ1v) is 5.06. The minimum absolute atomic E-state index is 0.0180. The van der Waals surface area contributed by atoms with Gasteiger partial charge in [0.25, 0.3) is 0 Å². The molecule has 0 unspecified atom stereocenters. The summed E-state index contributed by atoms with van der Waals surface area (Å²) in [5.41, 5.74) is 0.609. The largest absolute Gasteiger partial charge is 0.466 e. The second kappa shape index (κ2) is 5.09. The summed E-state index contributed by atoms with van der Waals surface area (Å²) in [7, 11) is 1.25.